The van der Waals surface area contributed by atoms with Crippen LogP contribution in [0.25, 0.3) is 11.3 Å². The summed E-state index contributed by atoms with van der Waals surface area (Å²) >= 11 is 5.92. The van der Waals surface area contributed by atoms with Crippen LogP contribution < -0.4 is 5.32 Å². The van der Waals surface area contributed by atoms with Gasteiger partial charge in [-0.25, -0.2) is 0 Å². The van der Waals surface area contributed by atoms with Crippen LogP contribution in [0.3, 0.4) is 0 Å². The van der Waals surface area contributed by atoms with Crippen LogP contribution in [0.2, 0.25) is 5.02 Å². The van der Waals surface area contributed by atoms with Gasteiger partial charge in [-0.3, -0.25) is 20.0 Å². The number of non-ortho nitro benzene ring substituents is 1. The van der Waals surface area contributed by atoms with E-state index in [4.69, 9.17) is 11.6 Å². The minimum absolute atomic E-state index is 0.0183. The van der Waals surface area contributed by atoms with Gasteiger partial charge in [0, 0.05) is 29.3 Å². The van der Waals surface area contributed by atoms with Crippen LogP contribution in [-0.2, 0) is 6.54 Å². The highest BCUT2D eigenvalue weighted by Gasteiger charge is 2.16. The van der Waals surface area contributed by atoms with Gasteiger partial charge in [0.2, 0.25) is 0 Å². The van der Waals surface area contributed by atoms with Crippen molar-refractivity contribution in [2.45, 2.75) is 6.54 Å². The number of aromatic nitrogens is 2. The summed E-state index contributed by atoms with van der Waals surface area (Å²) in [7, 11) is 0. The Morgan fingerprint density at radius 1 is 1.24 bits per heavy atom. The maximum Gasteiger partial charge on any atom is 0.269 e. The number of nitro groups is 1. The molecule has 7 nitrogen and oxygen atoms in total. The van der Waals surface area contributed by atoms with E-state index in [-0.39, 0.29) is 11.6 Å². The average molecular weight is 357 g/mol. The first-order chi connectivity index (χ1) is 12.0. The van der Waals surface area contributed by atoms with Crippen molar-refractivity contribution in [1.82, 2.24) is 15.5 Å². The smallest absolute Gasteiger partial charge is 0.269 e. The second-order valence-corrected chi connectivity index (χ2v) is 5.71. The third-order valence-corrected chi connectivity index (χ3v) is 3.83. The molecule has 0 saturated carbocycles. The molecule has 0 bridgehead atoms. The van der Waals surface area contributed by atoms with E-state index >= 15 is 0 Å². The summed E-state index contributed by atoms with van der Waals surface area (Å²) in [6.07, 6.45) is 1.42. The van der Waals surface area contributed by atoms with Crippen molar-refractivity contribution < 1.29 is 9.72 Å². The number of H-pyrrole nitrogens is 1. The number of nitrogens with one attached hydrogen (secondary N) is 2. The van der Waals surface area contributed by atoms with Gasteiger partial charge in [0.1, 0.15) is 0 Å². The van der Waals surface area contributed by atoms with Crippen LogP contribution in [0.4, 0.5) is 5.69 Å². The van der Waals surface area contributed by atoms with Crippen LogP contribution >= 0.6 is 11.6 Å². The summed E-state index contributed by atoms with van der Waals surface area (Å²) in [4.78, 5) is 22.7. The number of nitro benzene ring substituents is 1. The van der Waals surface area contributed by atoms with E-state index < -0.39 is 4.92 Å². The number of nitrogens with zero attached hydrogens (tertiary/aromatic N) is 2. The van der Waals surface area contributed by atoms with Crippen molar-refractivity contribution in [3.8, 4) is 11.3 Å². The molecule has 0 atom stereocenters. The monoisotopic (exact) mass is 356 g/mol. The largest absolute Gasteiger partial charge is 0.348 e. The molecule has 1 heterocycles. The summed E-state index contributed by atoms with van der Waals surface area (Å²) in [5.74, 6) is -0.304. The first-order valence-electron chi connectivity index (χ1n) is 7.35. The molecular formula is C17H13ClN4O3. The molecule has 8 heteroatoms. The highest BCUT2D eigenvalue weighted by atomic mass is 35.5. The number of halogens is 1. The van der Waals surface area contributed by atoms with E-state index in [1.807, 2.05) is 12.1 Å². The van der Waals surface area contributed by atoms with Crippen molar-refractivity contribution >= 4 is 23.2 Å². The number of rotatable bonds is 5. The second-order valence-electron chi connectivity index (χ2n) is 5.28. The zero-order valence-corrected chi connectivity index (χ0v) is 13.7. The molecule has 0 aliphatic rings. The molecule has 2 aromatic carbocycles. The fourth-order valence-corrected chi connectivity index (χ4v) is 2.57. The molecule has 0 aliphatic heterocycles. The molecule has 0 aliphatic carbocycles. The van der Waals surface area contributed by atoms with Crippen molar-refractivity contribution in [3.63, 3.8) is 0 Å². The Kier molecular flexibility index (Phi) is 4.76. The van der Waals surface area contributed by atoms with Gasteiger partial charge in [0.15, 0.2) is 0 Å². The lowest BCUT2D eigenvalue weighted by Crippen LogP contribution is -2.22. The molecule has 0 radical (unpaired) electrons. The quantitative estimate of drug-likeness (QED) is 0.539. The van der Waals surface area contributed by atoms with Gasteiger partial charge < -0.3 is 5.32 Å². The third-order valence-electron chi connectivity index (χ3n) is 3.59. The topological polar surface area (TPSA) is 101 Å². The number of aromatic amines is 1. The maximum atomic E-state index is 12.4. The molecule has 0 spiro atoms. The first kappa shape index (κ1) is 16.7. The van der Waals surface area contributed by atoms with Gasteiger partial charge in [-0.1, -0.05) is 23.7 Å². The van der Waals surface area contributed by atoms with Crippen molar-refractivity contribution in [2.75, 3.05) is 0 Å². The predicted octanol–water partition coefficient (Wildman–Crippen LogP) is 3.57. The van der Waals surface area contributed by atoms with E-state index in [2.05, 4.69) is 15.5 Å². The fraction of sp³-hybridized carbons (Fsp3) is 0.0588. The predicted molar refractivity (Wildman–Crippen MR) is 93.3 cm³/mol. The van der Waals surface area contributed by atoms with E-state index in [1.165, 1.54) is 18.3 Å². The summed E-state index contributed by atoms with van der Waals surface area (Å²) in [6, 6.07) is 13.1. The van der Waals surface area contributed by atoms with E-state index in [0.29, 0.717) is 28.4 Å². The van der Waals surface area contributed by atoms with E-state index in [0.717, 1.165) is 5.56 Å². The molecule has 3 rings (SSSR count). The summed E-state index contributed by atoms with van der Waals surface area (Å²) in [5, 5.41) is 20.8. The minimum atomic E-state index is -0.477. The summed E-state index contributed by atoms with van der Waals surface area (Å²) < 4.78 is 0. The molecule has 1 amide bonds. The molecule has 2 N–H and O–H groups in total. The SMILES string of the molecule is O=C(NCc1cccc(Cl)c1)c1cn[nH]c1-c1ccc([N+](=O)[O-])cc1. The highest BCUT2D eigenvalue weighted by molar-refractivity contribution is 6.30. The lowest BCUT2D eigenvalue weighted by Gasteiger charge is -2.06. The average Bonchev–Trinajstić information content (AvgIpc) is 3.09. The lowest BCUT2D eigenvalue weighted by atomic mass is 10.1. The number of carbonyl (C=O) groups is 1. The number of amides is 1. The molecule has 0 unspecified atom stereocenters. The number of benzene rings is 2. The molecule has 1 aromatic heterocycles. The third kappa shape index (κ3) is 3.84. The highest BCUT2D eigenvalue weighted by Crippen LogP contribution is 2.23. The zero-order chi connectivity index (χ0) is 17.8. The number of hydrogen-bond acceptors (Lipinski definition) is 4. The fourth-order valence-electron chi connectivity index (χ4n) is 2.35. The Morgan fingerprint density at radius 3 is 2.68 bits per heavy atom. The Balaban J connectivity index is 1.76. The number of carbonyl (C=O) groups excluding carboxylic acids is 1. The standard InChI is InChI=1S/C17H13ClN4O3/c18-13-3-1-2-11(8-13)9-19-17(23)15-10-20-21-16(15)12-4-6-14(7-5-12)22(24)25/h1-8,10H,9H2,(H,19,23)(H,20,21). The van der Waals surface area contributed by atoms with Gasteiger partial charge in [-0.15, -0.1) is 0 Å². The molecular weight excluding hydrogens is 344 g/mol. The summed E-state index contributed by atoms with van der Waals surface area (Å²) in [5.41, 5.74) is 2.35. The molecule has 0 saturated heterocycles. The number of hydrogen-bond donors (Lipinski definition) is 2. The Bertz CT molecular complexity index is 922. The van der Waals surface area contributed by atoms with E-state index in [1.54, 1.807) is 24.3 Å². The Hall–Kier alpha value is -3.19. The molecule has 3 aromatic rings. The Labute approximate surface area is 147 Å². The minimum Gasteiger partial charge on any atom is -0.348 e. The molecule has 25 heavy (non-hydrogen) atoms. The van der Waals surface area contributed by atoms with Gasteiger partial charge in [-0.2, -0.15) is 5.10 Å². The molecule has 0 fully saturated rings. The van der Waals surface area contributed by atoms with E-state index in [9.17, 15) is 14.9 Å². The van der Waals surface area contributed by atoms with Gasteiger partial charge in [0.25, 0.3) is 11.6 Å². The van der Waals surface area contributed by atoms with Gasteiger partial charge in [0.05, 0.1) is 22.4 Å². The van der Waals surface area contributed by atoms with Crippen molar-refractivity contribution in [2.24, 2.45) is 0 Å². The van der Waals surface area contributed by atoms with Gasteiger partial charge in [-0.05, 0) is 29.8 Å². The van der Waals surface area contributed by atoms with Crippen molar-refractivity contribution in [3.05, 3.63) is 81.0 Å². The van der Waals surface area contributed by atoms with Crippen molar-refractivity contribution in [1.29, 1.82) is 0 Å². The van der Waals surface area contributed by atoms with Crippen LogP contribution in [0, 0.1) is 10.1 Å². The van der Waals surface area contributed by atoms with Gasteiger partial charge >= 0.3 is 0 Å². The van der Waals surface area contributed by atoms with Crippen LogP contribution in [-0.4, -0.2) is 21.0 Å². The maximum absolute atomic E-state index is 12.4. The zero-order valence-electron chi connectivity index (χ0n) is 12.9. The summed E-state index contributed by atoms with van der Waals surface area (Å²) in [6.45, 7) is 0.324. The van der Waals surface area contributed by atoms with Crippen LogP contribution in [0.1, 0.15) is 15.9 Å². The lowest BCUT2D eigenvalue weighted by molar-refractivity contribution is -0.384. The second kappa shape index (κ2) is 7.14. The van der Waals surface area contributed by atoms with Crippen LogP contribution in [0.5, 0.6) is 0 Å². The molecule has 126 valence electrons. The Morgan fingerprint density at radius 2 is 2.00 bits per heavy atom. The first-order valence-corrected chi connectivity index (χ1v) is 7.73. The van der Waals surface area contributed by atoms with Crippen LogP contribution in [0.15, 0.2) is 54.7 Å². The normalized spacial score (nSPS) is 10.4.